The Bertz CT molecular complexity index is 281. The molecule has 0 bridgehead atoms. The van der Waals surface area contributed by atoms with Crippen LogP contribution in [-0.2, 0) is 13.0 Å². The monoisotopic (exact) mass is 240 g/mol. The van der Waals surface area contributed by atoms with Crippen LogP contribution in [0.4, 0.5) is 0 Å². The molecule has 0 aliphatic rings. The molecule has 0 aromatic carbocycles. The average Bonchev–Trinajstić information content (AvgIpc) is 2.64. The maximum absolute atomic E-state index is 4.45. The van der Waals surface area contributed by atoms with E-state index in [9.17, 15) is 0 Å². The van der Waals surface area contributed by atoms with Gasteiger partial charge in [0.2, 0.25) is 0 Å². The van der Waals surface area contributed by atoms with E-state index in [1.807, 2.05) is 17.5 Å². The van der Waals surface area contributed by atoms with Crippen LogP contribution < -0.4 is 5.32 Å². The van der Waals surface area contributed by atoms with E-state index >= 15 is 0 Å². The Morgan fingerprint density at radius 2 is 2.19 bits per heavy atom. The first-order chi connectivity index (χ1) is 7.72. The van der Waals surface area contributed by atoms with E-state index in [0.29, 0.717) is 5.92 Å². The summed E-state index contributed by atoms with van der Waals surface area (Å²) in [7, 11) is 0. The number of rotatable bonds is 8. The van der Waals surface area contributed by atoms with Crippen LogP contribution in [0.25, 0.3) is 0 Å². The number of aromatic nitrogens is 1. The van der Waals surface area contributed by atoms with Gasteiger partial charge in [0.25, 0.3) is 0 Å². The molecule has 0 spiro atoms. The summed E-state index contributed by atoms with van der Waals surface area (Å²) < 4.78 is 0. The lowest BCUT2D eigenvalue weighted by atomic mass is 10.1. The van der Waals surface area contributed by atoms with Crippen LogP contribution >= 0.6 is 11.3 Å². The first-order valence-corrected chi connectivity index (χ1v) is 7.18. The van der Waals surface area contributed by atoms with Gasteiger partial charge >= 0.3 is 0 Å². The minimum atomic E-state index is 0.705. The van der Waals surface area contributed by atoms with Crippen molar-refractivity contribution >= 4 is 11.3 Å². The lowest BCUT2D eigenvalue weighted by Crippen LogP contribution is -2.13. The van der Waals surface area contributed by atoms with Crippen molar-refractivity contribution in [1.29, 1.82) is 0 Å². The van der Waals surface area contributed by atoms with Gasteiger partial charge in [-0.3, -0.25) is 0 Å². The molecule has 0 saturated heterocycles. The van der Waals surface area contributed by atoms with Crippen molar-refractivity contribution in [1.82, 2.24) is 10.3 Å². The second-order valence-corrected chi connectivity index (χ2v) is 5.90. The van der Waals surface area contributed by atoms with E-state index in [2.05, 4.69) is 31.1 Å². The van der Waals surface area contributed by atoms with Crippen molar-refractivity contribution in [3.05, 3.63) is 16.1 Å². The third kappa shape index (κ3) is 5.61. The molecule has 1 aromatic heterocycles. The van der Waals surface area contributed by atoms with Crippen molar-refractivity contribution in [2.75, 3.05) is 6.54 Å². The highest BCUT2D eigenvalue weighted by Gasteiger charge is 2.03. The van der Waals surface area contributed by atoms with E-state index in [4.69, 9.17) is 0 Å². The normalized spacial score (nSPS) is 11.2. The van der Waals surface area contributed by atoms with Gasteiger partial charge in [-0.2, -0.15) is 0 Å². The topological polar surface area (TPSA) is 24.9 Å². The second kappa shape index (κ2) is 7.80. The summed E-state index contributed by atoms with van der Waals surface area (Å²) in [5.74, 6) is 0.705. The Labute approximate surface area is 103 Å². The van der Waals surface area contributed by atoms with Gasteiger partial charge in [0.1, 0.15) is 0 Å². The number of nitrogens with one attached hydrogen (secondary N) is 1. The maximum Gasteiger partial charge on any atom is 0.0930 e. The summed E-state index contributed by atoms with van der Waals surface area (Å²) in [6.45, 7) is 8.83. The van der Waals surface area contributed by atoms with Crippen LogP contribution in [0.2, 0.25) is 0 Å². The number of nitrogens with zero attached hydrogens (tertiary/aromatic N) is 1. The quantitative estimate of drug-likeness (QED) is 0.702. The number of unbranched alkanes of at least 4 members (excludes halogenated alkanes) is 2. The summed E-state index contributed by atoms with van der Waals surface area (Å²) >= 11 is 1.85. The second-order valence-electron chi connectivity index (χ2n) is 4.70. The van der Waals surface area contributed by atoms with Crippen LogP contribution in [0.5, 0.6) is 0 Å². The van der Waals surface area contributed by atoms with Crippen LogP contribution in [-0.4, -0.2) is 11.5 Å². The molecule has 0 aliphatic carbocycles. The minimum absolute atomic E-state index is 0.705. The SMILES string of the molecule is CCCCCNCc1cnc(CC(C)C)s1. The standard InChI is InChI=1S/C13H24N2S/c1-4-5-6-7-14-9-12-10-15-13(16-12)8-11(2)3/h10-11,14H,4-9H2,1-3H3. The summed E-state index contributed by atoms with van der Waals surface area (Å²) in [6.07, 6.45) is 7.04. The summed E-state index contributed by atoms with van der Waals surface area (Å²) in [6, 6.07) is 0. The Morgan fingerprint density at radius 3 is 2.88 bits per heavy atom. The van der Waals surface area contributed by atoms with Gasteiger partial charge in [0, 0.05) is 24.0 Å². The maximum atomic E-state index is 4.45. The van der Waals surface area contributed by atoms with Gasteiger partial charge in [-0.1, -0.05) is 33.6 Å². The van der Waals surface area contributed by atoms with Crippen LogP contribution in [0.1, 0.15) is 49.9 Å². The van der Waals surface area contributed by atoms with E-state index in [1.165, 1.54) is 29.1 Å². The Morgan fingerprint density at radius 1 is 1.38 bits per heavy atom. The number of thiazole rings is 1. The molecule has 2 nitrogen and oxygen atoms in total. The van der Waals surface area contributed by atoms with Crippen LogP contribution in [0.3, 0.4) is 0 Å². The van der Waals surface area contributed by atoms with Crippen LogP contribution in [0.15, 0.2) is 6.20 Å². The third-order valence-corrected chi connectivity index (χ3v) is 3.46. The highest BCUT2D eigenvalue weighted by molar-refractivity contribution is 7.11. The van der Waals surface area contributed by atoms with Crippen molar-refractivity contribution in [3.8, 4) is 0 Å². The molecule has 1 aromatic rings. The van der Waals surface area contributed by atoms with E-state index < -0.39 is 0 Å². The number of hydrogen-bond acceptors (Lipinski definition) is 3. The fourth-order valence-corrected chi connectivity index (χ4v) is 2.69. The first kappa shape index (κ1) is 13.7. The number of hydrogen-bond donors (Lipinski definition) is 1. The first-order valence-electron chi connectivity index (χ1n) is 6.36. The highest BCUT2D eigenvalue weighted by atomic mass is 32.1. The Balaban J connectivity index is 2.19. The average molecular weight is 240 g/mol. The minimum Gasteiger partial charge on any atom is -0.312 e. The predicted octanol–water partition coefficient (Wildman–Crippen LogP) is 3.62. The third-order valence-electron chi connectivity index (χ3n) is 2.44. The Hall–Kier alpha value is -0.410. The summed E-state index contributed by atoms with van der Waals surface area (Å²) in [5, 5.41) is 4.75. The fourth-order valence-electron chi connectivity index (χ4n) is 1.58. The van der Waals surface area contributed by atoms with Gasteiger partial charge in [0.15, 0.2) is 0 Å². The molecular weight excluding hydrogens is 216 g/mol. The smallest absolute Gasteiger partial charge is 0.0930 e. The molecule has 1 rings (SSSR count). The Kier molecular flexibility index (Phi) is 6.65. The van der Waals surface area contributed by atoms with Crippen molar-refractivity contribution in [2.24, 2.45) is 5.92 Å². The fraction of sp³-hybridized carbons (Fsp3) is 0.769. The van der Waals surface area contributed by atoms with Crippen LogP contribution in [0, 0.1) is 5.92 Å². The van der Waals surface area contributed by atoms with Crippen molar-refractivity contribution < 1.29 is 0 Å². The van der Waals surface area contributed by atoms with Gasteiger partial charge in [-0.15, -0.1) is 11.3 Å². The molecule has 0 fully saturated rings. The van der Waals surface area contributed by atoms with E-state index in [-0.39, 0.29) is 0 Å². The summed E-state index contributed by atoms with van der Waals surface area (Å²) in [4.78, 5) is 5.82. The molecule has 3 heteroatoms. The summed E-state index contributed by atoms with van der Waals surface area (Å²) in [5.41, 5.74) is 0. The molecule has 16 heavy (non-hydrogen) atoms. The molecule has 1 N–H and O–H groups in total. The lowest BCUT2D eigenvalue weighted by Gasteiger charge is -2.01. The lowest BCUT2D eigenvalue weighted by molar-refractivity contribution is 0.620. The van der Waals surface area contributed by atoms with Gasteiger partial charge in [-0.05, 0) is 18.9 Å². The highest BCUT2D eigenvalue weighted by Crippen LogP contribution is 2.16. The largest absolute Gasteiger partial charge is 0.312 e. The molecule has 0 amide bonds. The zero-order valence-corrected chi connectivity index (χ0v) is 11.6. The predicted molar refractivity (Wildman–Crippen MR) is 71.9 cm³/mol. The molecule has 0 radical (unpaired) electrons. The van der Waals surface area contributed by atoms with Gasteiger partial charge < -0.3 is 5.32 Å². The molecule has 0 atom stereocenters. The zero-order valence-electron chi connectivity index (χ0n) is 10.8. The molecule has 0 saturated carbocycles. The molecular formula is C13H24N2S. The van der Waals surface area contributed by atoms with Crippen molar-refractivity contribution in [2.45, 2.75) is 53.0 Å². The van der Waals surface area contributed by atoms with E-state index in [0.717, 1.165) is 19.5 Å². The molecule has 1 heterocycles. The zero-order chi connectivity index (χ0) is 11.8. The molecule has 0 aliphatic heterocycles. The van der Waals surface area contributed by atoms with Gasteiger partial charge in [0.05, 0.1) is 5.01 Å². The molecule has 92 valence electrons. The van der Waals surface area contributed by atoms with E-state index in [1.54, 1.807) is 0 Å². The van der Waals surface area contributed by atoms with Gasteiger partial charge in [-0.25, -0.2) is 4.98 Å². The van der Waals surface area contributed by atoms with Crippen molar-refractivity contribution in [3.63, 3.8) is 0 Å². The molecule has 0 unspecified atom stereocenters.